The van der Waals surface area contributed by atoms with Gasteiger partial charge in [0.05, 0.1) is 17.3 Å². The van der Waals surface area contributed by atoms with Crippen LogP contribution in [0.2, 0.25) is 0 Å². The lowest BCUT2D eigenvalue weighted by Crippen LogP contribution is -2.53. The predicted molar refractivity (Wildman–Crippen MR) is 185 cm³/mol. The van der Waals surface area contributed by atoms with Crippen LogP contribution >= 0.6 is 11.8 Å². The van der Waals surface area contributed by atoms with Crippen molar-refractivity contribution in [3.8, 4) is 5.75 Å². The Balaban J connectivity index is 1.39. The third kappa shape index (κ3) is 9.01. The Bertz CT molecular complexity index is 1760. The highest BCUT2D eigenvalue weighted by Gasteiger charge is 2.53. The van der Waals surface area contributed by atoms with Gasteiger partial charge in [0, 0.05) is 43.1 Å². The molecule has 252 valence electrons. The first-order valence-electron chi connectivity index (χ1n) is 15.6. The summed E-state index contributed by atoms with van der Waals surface area (Å²) in [5.41, 5.74) is 6.38. The number of rotatable bonds is 17. The molecule has 0 radical (unpaired) electrons. The fourth-order valence-electron chi connectivity index (χ4n) is 5.18. The lowest BCUT2D eigenvalue weighted by atomic mass is 9.85. The van der Waals surface area contributed by atoms with Crippen molar-refractivity contribution in [1.29, 1.82) is 0 Å². The summed E-state index contributed by atoms with van der Waals surface area (Å²) >= 11 is 1.62. The molecule has 4 aromatic rings. The third-order valence-corrected chi connectivity index (χ3v) is 10.5. The van der Waals surface area contributed by atoms with Crippen molar-refractivity contribution in [2.24, 2.45) is 4.99 Å². The Labute approximate surface area is 284 Å². The average Bonchev–Trinajstić information content (AvgIpc) is 3.52. The summed E-state index contributed by atoms with van der Waals surface area (Å²) in [6.45, 7) is 0.804. The molecule has 0 spiro atoms. The maximum atomic E-state index is 14.2. The quantitative estimate of drug-likeness (QED) is 0.101. The summed E-state index contributed by atoms with van der Waals surface area (Å²) < 4.78 is 52.3. The molecular formula is C36H38FN3O6S2. The van der Waals surface area contributed by atoms with Gasteiger partial charge in [0.2, 0.25) is 5.90 Å². The number of halogens is 1. The molecule has 1 heterocycles. The van der Waals surface area contributed by atoms with E-state index in [9.17, 15) is 17.6 Å². The van der Waals surface area contributed by atoms with E-state index < -0.39 is 27.4 Å². The van der Waals surface area contributed by atoms with Crippen LogP contribution in [-0.2, 0) is 25.1 Å². The molecule has 0 bridgehead atoms. The highest BCUT2D eigenvalue weighted by atomic mass is 32.2. The van der Waals surface area contributed by atoms with Crippen molar-refractivity contribution < 1.29 is 32.2 Å². The highest BCUT2D eigenvalue weighted by Crippen LogP contribution is 2.43. The van der Waals surface area contributed by atoms with Crippen LogP contribution in [0, 0.1) is 5.82 Å². The van der Waals surface area contributed by atoms with Gasteiger partial charge in [-0.2, -0.15) is 11.8 Å². The van der Waals surface area contributed by atoms with Gasteiger partial charge in [-0.3, -0.25) is 10.2 Å². The fraction of sp³-hybridized carbons (Fsp3) is 0.278. The smallest absolute Gasteiger partial charge is 0.266 e. The first kappa shape index (κ1) is 35.1. The average molecular weight is 692 g/mol. The number of aliphatic hydroxyl groups excluding tert-OH is 1. The number of aliphatic hydroxyl groups is 1. The van der Waals surface area contributed by atoms with Crippen molar-refractivity contribution in [2.45, 2.75) is 35.1 Å². The molecule has 2 atom stereocenters. The summed E-state index contributed by atoms with van der Waals surface area (Å²) in [5.74, 6) is 0.973. The van der Waals surface area contributed by atoms with Crippen molar-refractivity contribution >= 4 is 33.4 Å². The van der Waals surface area contributed by atoms with E-state index in [1.165, 1.54) is 24.3 Å². The highest BCUT2D eigenvalue weighted by molar-refractivity contribution is 7.98. The van der Waals surface area contributed by atoms with Crippen molar-refractivity contribution in [3.63, 3.8) is 0 Å². The number of carbonyl (C=O) groups excluding carboxylic acids is 1. The maximum absolute atomic E-state index is 14.2. The molecule has 1 aliphatic heterocycles. The van der Waals surface area contributed by atoms with Crippen LogP contribution < -0.4 is 15.6 Å². The number of hydrogen-bond acceptors (Lipinski definition) is 9. The molecule has 3 N–H and O–H groups in total. The Morgan fingerprint density at radius 3 is 2.33 bits per heavy atom. The molecule has 0 fully saturated rings. The molecule has 1 amide bonds. The van der Waals surface area contributed by atoms with E-state index in [4.69, 9.17) is 19.6 Å². The monoisotopic (exact) mass is 691 g/mol. The summed E-state index contributed by atoms with van der Waals surface area (Å²) in [6.07, 6.45) is -0.571. The summed E-state index contributed by atoms with van der Waals surface area (Å²) in [6, 6.07) is 30.6. The number of nitrogens with zero attached hydrogens (tertiary/aromatic N) is 1. The SMILES string of the molecule is O=C(NNCCSCc1ccc(F)cc1)[C@@]1(CCS(=O)(=O)c2ccccc2)N=C(c2ccc(OCCCO)cc2)O[C@H]1c1ccccc1. The molecule has 9 nitrogen and oxygen atoms in total. The van der Waals surface area contributed by atoms with Crippen molar-refractivity contribution in [2.75, 3.05) is 31.3 Å². The number of hydrogen-bond donors (Lipinski definition) is 3. The number of amides is 1. The molecule has 0 aromatic heterocycles. The van der Waals surface area contributed by atoms with Gasteiger partial charge in [0.25, 0.3) is 5.91 Å². The van der Waals surface area contributed by atoms with Gasteiger partial charge in [-0.15, -0.1) is 0 Å². The van der Waals surface area contributed by atoms with E-state index in [1.807, 2.05) is 30.3 Å². The van der Waals surface area contributed by atoms with Crippen LogP contribution in [0.15, 0.2) is 119 Å². The molecule has 0 aliphatic carbocycles. The molecule has 48 heavy (non-hydrogen) atoms. The number of ether oxygens (including phenoxy) is 2. The zero-order chi connectivity index (χ0) is 33.8. The number of carbonyl (C=O) groups is 1. The number of aliphatic imine (C=N–C) groups is 1. The van der Waals surface area contributed by atoms with E-state index in [0.717, 1.165) is 5.56 Å². The molecule has 12 heteroatoms. The Hall–Kier alpha value is -4.23. The van der Waals surface area contributed by atoms with Gasteiger partial charge >= 0.3 is 0 Å². The van der Waals surface area contributed by atoms with Crippen LogP contribution in [-0.4, -0.2) is 62.1 Å². The zero-order valence-electron chi connectivity index (χ0n) is 26.3. The molecule has 5 rings (SSSR count). The van der Waals surface area contributed by atoms with Gasteiger partial charge in [-0.25, -0.2) is 23.2 Å². The molecule has 0 saturated heterocycles. The largest absolute Gasteiger partial charge is 0.494 e. The number of thioether (sulfide) groups is 1. The van der Waals surface area contributed by atoms with Crippen LogP contribution in [0.1, 0.15) is 35.6 Å². The second-order valence-electron chi connectivity index (χ2n) is 11.1. The van der Waals surface area contributed by atoms with Gasteiger partial charge in [-0.1, -0.05) is 60.7 Å². The van der Waals surface area contributed by atoms with Crippen molar-refractivity contribution in [1.82, 2.24) is 10.9 Å². The Morgan fingerprint density at radius 1 is 0.958 bits per heavy atom. The van der Waals surface area contributed by atoms with Gasteiger partial charge in [-0.05, 0) is 59.7 Å². The van der Waals surface area contributed by atoms with Crippen LogP contribution in [0.4, 0.5) is 4.39 Å². The first-order chi connectivity index (χ1) is 23.3. The van der Waals surface area contributed by atoms with Crippen LogP contribution in [0.25, 0.3) is 0 Å². The minimum Gasteiger partial charge on any atom is -0.494 e. The predicted octanol–water partition coefficient (Wildman–Crippen LogP) is 5.26. The molecule has 0 unspecified atom stereocenters. The normalized spacial score (nSPS) is 17.4. The Kier molecular flexibility index (Phi) is 12.2. The molecule has 0 saturated carbocycles. The molecular weight excluding hydrogens is 654 g/mol. The van der Waals surface area contributed by atoms with E-state index in [-0.39, 0.29) is 35.4 Å². The maximum Gasteiger partial charge on any atom is 0.266 e. The number of benzene rings is 4. The summed E-state index contributed by atoms with van der Waals surface area (Å²) in [5, 5.41) is 9.05. The lowest BCUT2D eigenvalue weighted by Gasteiger charge is -2.30. The summed E-state index contributed by atoms with van der Waals surface area (Å²) in [4.78, 5) is 19.3. The number of nitrogens with one attached hydrogen (secondary N) is 2. The molecule has 4 aromatic carbocycles. The van der Waals surface area contributed by atoms with Crippen molar-refractivity contribution in [3.05, 3.63) is 132 Å². The van der Waals surface area contributed by atoms with E-state index >= 15 is 0 Å². The third-order valence-electron chi connectivity index (χ3n) is 7.74. The second-order valence-corrected chi connectivity index (χ2v) is 14.4. The summed E-state index contributed by atoms with van der Waals surface area (Å²) in [7, 11) is -3.77. The minimum absolute atomic E-state index is 0.0252. The minimum atomic E-state index is -3.77. The van der Waals surface area contributed by atoms with E-state index in [1.54, 1.807) is 66.4 Å². The Morgan fingerprint density at radius 2 is 1.65 bits per heavy atom. The zero-order valence-corrected chi connectivity index (χ0v) is 27.9. The topological polar surface area (TPSA) is 126 Å². The van der Waals surface area contributed by atoms with E-state index in [0.29, 0.717) is 48.0 Å². The molecule has 1 aliphatic rings. The standard InChI is InChI=1S/C36H38FN3O6S2/c37-30-16-12-27(13-17-30)26-47-24-21-38-40-35(42)36(20-25-48(43,44)32-10-5-2-6-11-32)33(28-8-3-1-4-9-28)46-34(39-36)29-14-18-31(19-15-29)45-23-7-22-41/h1-6,8-19,33,38,41H,7,20-26H2,(H,40,42)/t33-,36-/m0/s1. The van der Waals surface area contributed by atoms with Gasteiger partial charge in [0.1, 0.15) is 11.6 Å². The van der Waals surface area contributed by atoms with Crippen LogP contribution in [0.3, 0.4) is 0 Å². The van der Waals surface area contributed by atoms with Crippen LogP contribution in [0.5, 0.6) is 5.75 Å². The number of hydrazine groups is 1. The van der Waals surface area contributed by atoms with E-state index in [2.05, 4.69) is 10.9 Å². The van der Waals surface area contributed by atoms with Gasteiger partial charge in [0.15, 0.2) is 21.5 Å². The first-order valence-corrected chi connectivity index (χ1v) is 18.4. The second kappa shape index (κ2) is 16.7. The van der Waals surface area contributed by atoms with Gasteiger partial charge < -0.3 is 14.6 Å². The fourth-order valence-corrected chi connectivity index (χ4v) is 7.38. The number of sulfone groups is 1. The lowest BCUT2D eigenvalue weighted by molar-refractivity contribution is -0.130.